The lowest BCUT2D eigenvalue weighted by atomic mass is 9.76. The third-order valence-corrected chi connectivity index (χ3v) is 7.52. The van der Waals surface area contributed by atoms with Gasteiger partial charge in [-0.2, -0.15) is 0 Å². The van der Waals surface area contributed by atoms with Crippen molar-refractivity contribution < 1.29 is 24.1 Å². The van der Waals surface area contributed by atoms with Crippen molar-refractivity contribution in [1.82, 2.24) is 4.57 Å². The summed E-state index contributed by atoms with van der Waals surface area (Å²) in [5.74, 6) is -0.493. The number of aromatic hydroxyl groups is 1. The van der Waals surface area contributed by atoms with E-state index in [1.54, 1.807) is 13.0 Å². The average molecular weight is 452 g/mol. The van der Waals surface area contributed by atoms with Crippen LogP contribution in [0, 0.1) is 18.7 Å². The van der Waals surface area contributed by atoms with E-state index in [0.717, 1.165) is 42.3 Å². The zero-order valence-corrected chi connectivity index (χ0v) is 18.9. The van der Waals surface area contributed by atoms with Gasteiger partial charge in [-0.1, -0.05) is 0 Å². The molecule has 33 heavy (non-hydrogen) atoms. The number of benzene rings is 2. The molecule has 5 nitrogen and oxygen atoms in total. The first-order valence-corrected chi connectivity index (χ1v) is 11.9. The van der Waals surface area contributed by atoms with E-state index in [9.17, 15) is 19.4 Å². The van der Waals surface area contributed by atoms with Crippen LogP contribution in [0.25, 0.3) is 16.6 Å². The lowest BCUT2D eigenvalue weighted by Crippen LogP contribution is -2.23. The highest BCUT2D eigenvalue weighted by Gasteiger charge is 2.34. The molecule has 3 aromatic rings. The number of fused-ring (bicyclic) bond motifs is 1. The Kier molecular flexibility index (Phi) is 5.87. The number of aromatic nitrogens is 1. The molecule has 0 radical (unpaired) electrons. The summed E-state index contributed by atoms with van der Waals surface area (Å²) in [5.41, 5.74) is 4.93. The van der Waals surface area contributed by atoms with Crippen LogP contribution < -0.4 is 0 Å². The zero-order valence-electron chi connectivity index (χ0n) is 18.9. The number of rotatable bonds is 4. The van der Waals surface area contributed by atoms with Crippen LogP contribution >= 0.6 is 0 Å². The van der Waals surface area contributed by atoms with Gasteiger partial charge in [0.05, 0.1) is 11.4 Å². The summed E-state index contributed by atoms with van der Waals surface area (Å²) in [7, 11) is 0. The minimum atomic E-state index is -0.708. The molecule has 1 aliphatic carbocycles. The zero-order chi connectivity index (χ0) is 23.1. The van der Waals surface area contributed by atoms with Gasteiger partial charge in [0.2, 0.25) is 0 Å². The topological polar surface area (TPSA) is 71.7 Å². The highest BCUT2D eigenvalue weighted by Crippen LogP contribution is 2.47. The molecule has 2 aromatic carbocycles. The molecule has 174 valence electrons. The van der Waals surface area contributed by atoms with E-state index in [2.05, 4.69) is 4.57 Å². The monoisotopic (exact) mass is 451 g/mol. The number of halogens is 1. The number of carbonyl (C=O) groups is 1. The number of hydrogen-bond donors (Lipinski definition) is 2. The molecule has 1 saturated carbocycles. The van der Waals surface area contributed by atoms with Crippen LogP contribution in [0.2, 0.25) is 0 Å². The maximum atomic E-state index is 14.1. The fourth-order valence-electron chi connectivity index (χ4n) is 5.80. The van der Waals surface area contributed by atoms with Crippen LogP contribution in [0.15, 0.2) is 36.4 Å². The molecule has 0 amide bonds. The minimum absolute atomic E-state index is 0.217. The highest BCUT2D eigenvalue weighted by atomic mass is 19.1. The number of hydrogen-bond acceptors (Lipinski definition) is 3. The Morgan fingerprint density at radius 3 is 2.39 bits per heavy atom. The molecule has 5 rings (SSSR count). The lowest BCUT2D eigenvalue weighted by Gasteiger charge is -2.31. The third kappa shape index (κ3) is 4.01. The van der Waals surface area contributed by atoms with Crippen molar-refractivity contribution in [1.29, 1.82) is 0 Å². The van der Waals surface area contributed by atoms with Gasteiger partial charge in [0, 0.05) is 35.9 Å². The number of nitrogens with zero attached hydrogens (tertiary/aromatic N) is 1. The van der Waals surface area contributed by atoms with Gasteiger partial charge in [-0.15, -0.1) is 0 Å². The van der Waals surface area contributed by atoms with Crippen molar-refractivity contribution in [3.8, 4) is 11.4 Å². The van der Waals surface area contributed by atoms with Crippen molar-refractivity contribution >= 4 is 16.9 Å². The Bertz CT molecular complexity index is 1190. The number of aryl methyl sites for hydroxylation is 1. The van der Waals surface area contributed by atoms with Gasteiger partial charge in [-0.25, -0.2) is 4.39 Å². The second-order valence-electron chi connectivity index (χ2n) is 9.54. The maximum absolute atomic E-state index is 14.1. The predicted molar refractivity (Wildman–Crippen MR) is 125 cm³/mol. The van der Waals surface area contributed by atoms with Crippen LogP contribution in [0.5, 0.6) is 5.75 Å². The van der Waals surface area contributed by atoms with Gasteiger partial charge in [-0.3, -0.25) is 4.79 Å². The summed E-state index contributed by atoms with van der Waals surface area (Å²) in [6.07, 6.45) is 4.75. The predicted octanol–water partition coefficient (Wildman–Crippen LogP) is 6.04. The van der Waals surface area contributed by atoms with Crippen molar-refractivity contribution in [3.63, 3.8) is 0 Å². The summed E-state index contributed by atoms with van der Waals surface area (Å²) in [6, 6.07) is 10.7. The van der Waals surface area contributed by atoms with Gasteiger partial charge in [-0.05, 0) is 98.9 Å². The number of aliphatic carboxylic acids is 1. The fraction of sp³-hybridized carbons (Fsp3) is 0.444. The van der Waals surface area contributed by atoms with Crippen LogP contribution in [-0.4, -0.2) is 34.0 Å². The lowest BCUT2D eigenvalue weighted by molar-refractivity contribution is -0.142. The molecule has 1 saturated heterocycles. The first-order valence-electron chi connectivity index (χ1n) is 11.9. The number of carboxylic acids is 1. The van der Waals surface area contributed by atoms with E-state index in [4.69, 9.17) is 4.74 Å². The fourth-order valence-corrected chi connectivity index (χ4v) is 5.80. The molecule has 2 heterocycles. The molecular weight excluding hydrogens is 421 g/mol. The van der Waals surface area contributed by atoms with E-state index < -0.39 is 5.97 Å². The smallest absolute Gasteiger partial charge is 0.306 e. The van der Waals surface area contributed by atoms with E-state index in [0.29, 0.717) is 31.6 Å². The van der Waals surface area contributed by atoms with Crippen molar-refractivity contribution in [2.75, 3.05) is 13.2 Å². The number of carboxylic acid groups (broad SMARTS) is 1. The third-order valence-electron chi connectivity index (χ3n) is 7.52. The maximum Gasteiger partial charge on any atom is 0.306 e. The molecule has 0 unspecified atom stereocenters. The first-order chi connectivity index (χ1) is 15.9. The Hall–Kier alpha value is -2.86. The Balaban J connectivity index is 1.73. The summed E-state index contributed by atoms with van der Waals surface area (Å²) in [5, 5.41) is 20.9. The van der Waals surface area contributed by atoms with E-state index in [1.807, 2.05) is 24.3 Å². The van der Waals surface area contributed by atoms with Gasteiger partial charge in [0.1, 0.15) is 11.6 Å². The van der Waals surface area contributed by atoms with E-state index >= 15 is 0 Å². The standard InChI is InChI=1S/C27H30FNO4/c1-16-14-20(6-8-23(16)28)29-24-9-7-21(30)15-22(24)25(26(29)18-10-12-33-13-11-18)17-2-4-19(5-3-17)27(31)32/h6-9,14-15,17-19,30H,2-5,10-13H2,1H3,(H,31,32)/t17-,19-. The van der Waals surface area contributed by atoms with Crippen molar-refractivity contribution in [2.45, 2.75) is 57.3 Å². The van der Waals surface area contributed by atoms with E-state index in [-0.39, 0.29) is 29.3 Å². The van der Waals surface area contributed by atoms with E-state index in [1.165, 1.54) is 17.3 Å². The SMILES string of the molecule is Cc1cc(-n2c(C3CCOCC3)c([C@H]3CC[C@H](C(=O)O)CC3)c3cc(O)ccc32)ccc1F. The van der Waals surface area contributed by atoms with Gasteiger partial charge in [0.25, 0.3) is 0 Å². The largest absolute Gasteiger partial charge is 0.508 e. The molecule has 1 aliphatic heterocycles. The van der Waals surface area contributed by atoms with Gasteiger partial charge >= 0.3 is 5.97 Å². The second-order valence-corrected chi connectivity index (χ2v) is 9.54. The quantitative estimate of drug-likeness (QED) is 0.508. The molecule has 0 atom stereocenters. The number of phenolic OH excluding ortho intramolecular Hbond substituents is 1. The number of phenols is 1. The average Bonchev–Trinajstić information content (AvgIpc) is 3.15. The van der Waals surface area contributed by atoms with Gasteiger partial charge in [0.15, 0.2) is 0 Å². The molecular formula is C27H30FNO4. The molecule has 0 spiro atoms. The molecule has 1 aromatic heterocycles. The second kappa shape index (κ2) is 8.82. The normalized spacial score (nSPS) is 22.0. The van der Waals surface area contributed by atoms with Crippen molar-refractivity contribution in [2.24, 2.45) is 5.92 Å². The van der Waals surface area contributed by atoms with Crippen LogP contribution in [0.1, 0.15) is 67.2 Å². The van der Waals surface area contributed by atoms with Crippen molar-refractivity contribution in [3.05, 3.63) is 59.0 Å². The molecule has 2 fully saturated rings. The summed E-state index contributed by atoms with van der Waals surface area (Å²) < 4.78 is 22.0. The Morgan fingerprint density at radius 1 is 1.00 bits per heavy atom. The van der Waals surface area contributed by atoms with Gasteiger partial charge < -0.3 is 19.5 Å². The molecule has 2 aliphatic rings. The summed E-state index contributed by atoms with van der Waals surface area (Å²) >= 11 is 0. The van der Waals surface area contributed by atoms with Crippen LogP contribution in [-0.2, 0) is 9.53 Å². The first kappa shape index (κ1) is 22.0. The molecule has 2 N–H and O–H groups in total. The number of ether oxygens (including phenoxy) is 1. The Morgan fingerprint density at radius 2 is 1.73 bits per heavy atom. The minimum Gasteiger partial charge on any atom is -0.508 e. The summed E-state index contributed by atoms with van der Waals surface area (Å²) in [6.45, 7) is 3.18. The molecule has 0 bridgehead atoms. The molecule has 6 heteroatoms. The highest BCUT2D eigenvalue weighted by molar-refractivity contribution is 5.89. The van der Waals surface area contributed by atoms with Crippen LogP contribution in [0.4, 0.5) is 4.39 Å². The Labute approximate surface area is 192 Å². The summed E-state index contributed by atoms with van der Waals surface area (Å²) in [4.78, 5) is 11.5. The van der Waals surface area contributed by atoms with Crippen LogP contribution in [0.3, 0.4) is 0 Å².